The molecule has 0 spiro atoms. The van der Waals surface area contributed by atoms with Crippen LogP contribution in [0.1, 0.15) is 26.7 Å². The molecule has 0 aromatic rings. The quantitative estimate of drug-likeness (QED) is 0.657. The molecule has 1 aliphatic rings. The Labute approximate surface area is 91.5 Å². The van der Waals surface area contributed by atoms with Crippen LogP contribution in [0.5, 0.6) is 0 Å². The van der Waals surface area contributed by atoms with Gasteiger partial charge >= 0.3 is 5.97 Å². The predicted molar refractivity (Wildman–Crippen MR) is 57.7 cm³/mol. The Kier molecular flexibility index (Phi) is 5.65. The molecular weight excluding hydrogens is 194 g/mol. The second kappa shape index (κ2) is 6.80. The summed E-state index contributed by atoms with van der Waals surface area (Å²) in [6, 6.07) is 0. The summed E-state index contributed by atoms with van der Waals surface area (Å²) in [4.78, 5) is 13.4. The highest BCUT2D eigenvalue weighted by Crippen LogP contribution is 2.05. The minimum Gasteiger partial charge on any atom is -0.466 e. The summed E-state index contributed by atoms with van der Waals surface area (Å²) in [7, 11) is 0. The van der Waals surface area contributed by atoms with Gasteiger partial charge in [0, 0.05) is 26.2 Å². The lowest BCUT2D eigenvalue weighted by atomic mass is 10.3. The van der Waals surface area contributed by atoms with Crippen LogP contribution in [0.15, 0.2) is 0 Å². The van der Waals surface area contributed by atoms with Crippen molar-refractivity contribution >= 4 is 5.97 Å². The van der Waals surface area contributed by atoms with Crippen LogP contribution in [0.3, 0.4) is 0 Å². The third kappa shape index (κ3) is 5.14. The number of hydrogen-bond donors (Lipinski definition) is 0. The molecule has 0 aliphatic carbocycles. The maximum absolute atomic E-state index is 11.2. The maximum Gasteiger partial charge on any atom is 0.307 e. The van der Waals surface area contributed by atoms with Gasteiger partial charge in [-0.25, -0.2) is 0 Å². The van der Waals surface area contributed by atoms with Crippen molar-refractivity contribution in [1.82, 2.24) is 4.90 Å². The number of hydrogen-bond acceptors (Lipinski definition) is 4. The van der Waals surface area contributed by atoms with Gasteiger partial charge in [0.15, 0.2) is 0 Å². The molecule has 1 fully saturated rings. The lowest BCUT2D eigenvalue weighted by Gasteiger charge is -2.20. The molecular formula is C11H21NO3. The van der Waals surface area contributed by atoms with Crippen LogP contribution in [-0.2, 0) is 14.3 Å². The summed E-state index contributed by atoms with van der Waals surface area (Å²) in [5.41, 5.74) is 0. The molecule has 4 nitrogen and oxygen atoms in total. The smallest absolute Gasteiger partial charge is 0.307 e. The third-order valence-electron chi connectivity index (χ3n) is 2.47. The molecule has 1 aliphatic heterocycles. The second-order valence-electron chi connectivity index (χ2n) is 3.89. The predicted octanol–water partition coefficient (Wildman–Crippen LogP) is 1.05. The van der Waals surface area contributed by atoms with E-state index in [1.807, 2.05) is 6.92 Å². The Bertz CT molecular complexity index is 196. The molecule has 0 amide bonds. The first kappa shape index (κ1) is 12.5. The summed E-state index contributed by atoms with van der Waals surface area (Å²) in [6.07, 6.45) is 1.81. The van der Waals surface area contributed by atoms with E-state index >= 15 is 0 Å². The first-order chi connectivity index (χ1) is 7.22. The van der Waals surface area contributed by atoms with Crippen LogP contribution in [-0.4, -0.2) is 49.8 Å². The summed E-state index contributed by atoms with van der Waals surface area (Å²) in [5.74, 6) is -0.102. The molecule has 0 N–H and O–H groups in total. The highest BCUT2D eigenvalue weighted by Gasteiger charge is 2.15. The van der Waals surface area contributed by atoms with E-state index in [0.29, 0.717) is 13.0 Å². The Morgan fingerprint density at radius 1 is 1.60 bits per heavy atom. The first-order valence-corrected chi connectivity index (χ1v) is 5.72. The van der Waals surface area contributed by atoms with Crippen molar-refractivity contribution in [3.63, 3.8) is 0 Å². The van der Waals surface area contributed by atoms with Gasteiger partial charge in [-0.05, 0) is 20.3 Å². The van der Waals surface area contributed by atoms with Crippen LogP contribution < -0.4 is 0 Å². The van der Waals surface area contributed by atoms with E-state index in [-0.39, 0.29) is 12.1 Å². The average molecular weight is 215 g/mol. The second-order valence-corrected chi connectivity index (χ2v) is 3.89. The third-order valence-corrected chi connectivity index (χ3v) is 2.47. The van der Waals surface area contributed by atoms with Crippen molar-refractivity contribution in [3.05, 3.63) is 0 Å². The average Bonchev–Trinajstić information content (AvgIpc) is 2.40. The Balaban J connectivity index is 2.21. The van der Waals surface area contributed by atoms with Gasteiger partial charge in [-0.3, -0.25) is 4.79 Å². The lowest BCUT2D eigenvalue weighted by molar-refractivity contribution is -0.143. The van der Waals surface area contributed by atoms with Crippen molar-refractivity contribution in [2.75, 3.05) is 32.8 Å². The van der Waals surface area contributed by atoms with Gasteiger partial charge in [0.2, 0.25) is 0 Å². The first-order valence-electron chi connectivity index (χ1n) is 5.72. The summed E-state index contributed by atoms with van der Waals surface area (Å²) in [6.45, 7) is 7.92. The monoisotopic (exact) mass is 215 g/mol. The molecule has 15 heavy (non-hydrogen) atoms. The molecule has 0 bridgehead atoms. The molecule has 88 valence electrons. The molecule has 1 heterocycles. The van der Waals surface area contributed by atoms with Crippen LogP contribution >= 0.6 is 0 Å². The summed E-state index contributed by atoms with van der Waals surface area (Å²) >= 11 is 0. The maximum atomic E-state index is 11.2. The number of rotatable bonds is 4. The van der Waals surface area contributed by atoms with E-state index in [1.54, 1.807) is 0 Å². The number of esters is 1. The summed E-state index contributed by atoms with van der Waals surface area (Å²) < 4.78 is 10.4. The van der Waals surface area contributed by atoms with Crippen LogP contribution in [0.2, 0.25) is 0 Å². The van der Waals surface area contributed by atoms with Crippen molar-refractivity contribution in [2.45, 2.75) is 32.8 Å². The number of nitrogens with zero attached hydrogens (tertiary/aromatic N) is 1. The van der Waals surface area contributed by atoms with E-state index in [9.17, 15) is 4.79 Å². The van der Waals surface area contributed by atoms with Crippen LogP contribution in [0.25, 0.3) is 0 Å². The normalized spacial score (nSPS) is 23.5. The van der Waals surface area contributed by atoms with Crippen molar-refractivity contribution in [3.8, 4) is 0 Å². The minimum absolute atomic E-state index is 0.102. The highest BCUT2D eigenvalue weighted by atomic mass is 16.5. The van der Waals surface area contributed by atoms with Crippen LogP contribution in [0, 0.1) is 0 Å². The molecule has 4 heteroatoms. The van der Waals surface area contributed by atoms with Crippen molar-refractivity contribution in [2.24, 2.45) is 0 Å². The van der Waals surface area contributed by atoms with E-state index in [4.69, 9.17) is 9.47 Å². The van der Waals surface area contributed by atoms with E-state index in [0.717, 1.165) is 32.7 Å². The number of carbonyl (C=O) groups is 1. The van der Waals surface area contributed by atoms with Gasteiger partial charge in [-0.2, -0.15) is 0 Å². The zero-order valence-electron chi connectivity index (χ0n) is 9.70. The zero-order valence-corrected chi connectivity index (χ0v) is 9.70. The van der Waals surface area contributed by atoms with E-state index in [2.05, 4.69) is 11.8 Å². The standard InChI is InChI=1S/C11H21NO3/c1-3-14-11(13)5-7-12-6-4-8-15-10(2)9-12/h10H,3-9H2,1-2H3. The zero-order chi connectivity index (χ0) is 11.1. The van der Waals surface area contributed by atoms with Crippen molar-refractivity contribution in [1.29, 1.82) is 0 Å². The van der Waals surface area contributed by atoms with E-state index in [1.165, 1.54) is 0 Å². The molecule has 1 rings (SSSR count). The highest BCUT2D eigenvalue weighted by molar-refractivity contribution is 5.69. The lowest BCUT2D eigenvalue weighted by Crippen LogP contribution is -2.32. The molecule has 1 unspecified atom stereocenters. The fourth-order valence-corrected chi connectivity index (χ4v) is 1.77. The fraction of sp³-hybridized carbons (Fsp3) is 0.909. The topological polar surface area (TPSA) is 38.8 Å². The molecule has 0 aromatic carbocycles. The molecule has 1 atom stereocenters. The minimum atomic E-state index is -0.102. The van der Waals surface area contributed by atoms with Gasteiger partial charge < -0.3 is 14.4 Å². The Morgan fingerprint density at radius 2 is 2.40 bits per heavy atom. The number of carbonyl (C=O) groups excluding carboxylic acids is 1. The van der Waals surface area contributed by atoms with Gasteiger partial charge in [0.1, 0.15) is 0 Å². The van der Waals surface area contributed by atoms with Gasteiger partial charge in [-0.1, -0.05) is 0 Å². The van der Waals surface area contributed by atoms with Crippen molar-refractivity contribution < 1.29 is 14.3 Å². The van der Waals surface area contributed by atoms with Gasteiger partial charge in [0.25, 0.3) is 0 Å². The number of ether oxygens (including phenoxy) is 2. The van der Waals surface area contributed by atoms with Gasteiger partial charge in [-0.15, -0.1) is 0 Å². The van der Waals surface area contributed by atoms with Crippen LogP contribution in [0.4, 0.5) is 0 Å². The molecule has 0 aromatic heterocycles. The molecule has 1 saturated heterocycles. The largest absolute Gasteiger partial charge is 0.466 e. The van der Waals surface area contributed by atoms with Gasteiger partial charge in [0.05, 0.1) is 19.1 Å². The Morgan fingerprint density at radius 3 is 3.13 bits per heavy atom. The molecule has 0 saturated carbocycles. The fourth-order valence-electron chi connectivity index (χ4n) is 1.77. The molecule has 0 radical (unpaired) electrons. The van der Waals surface area contributed by atoms with E-state index < -0.39 is 0 Å². The SMILES string of the molecule is CCOC(=O)CCN1CCCOC(C)C1. The Hall–Kier alpha value is -0.610. The summed E-state index contributed by atoms with van der Waals surface area (Å²) in [5, 5.41) is 0.